The molecule has 0 fully saturated rings. The van der Waals surface area contributed by atoms with Gasteiger partial charge in [-0.3, -0.25) is 0 Å². The van der Waals surface area contributed by atoms with Crippen LogP contribution in [0.1, 0.15) is 10.5 Å². The predicted molar refractivity (Wildman–Crippen MR) is 78.2 cm³/mol. The second-order valence-electron chi connectivity index (χ2n) is 3.87. The first-order valence-electron chi connectivity index (χ1n) is 5.69. The summed E-state index contributed by atoms with van der Waals surface area (Å²) in [6.45, 7) is 0. The van der Waals surface area contributed by atoms with Crippen molar-refractivity contribution in [3.8, 4) is 17.1 Å². The second kappa shape index (κ2) is 5.87. The standard InChI is InChI=1S/C13H12BrN3O3/c1-15-11-6-9(13(18)19)16-12(17-11)7-3-4-10(20-2)8(14)5-7/h3-6H,1-2H3,(H,18,19)(H,15,16,17). The van der Waals surface area contributed by atoms with Crippen molar-refractivity contribution in [3.63, 3.8) is 0 Å². The van der Waals surface area contributed by atoms with E-state index >= 15 is 0 Å². The molecule has 1 heterocycles. The molecule has 0 aliphatic rings. The van der Waals surface area contributed by atoms with Crippen LogP contribution in [-0.2, 0) is 0 Å². The zero-order valence-corrected chi connectivity index (χ0v) is 12.4. The van der Waals surface area contributed by atoms with Crippen LogP contribution in [0.4, 0.5) is 5.82 Å². The maximum absolute atomic E-state index is 11.1. The molecule has 104 valence electrons. The van der Waals surface area contributed by atoms with E-state index in [2.05, 4.69) is 31.2 Å². The van der Waals surface area contributed by atoms with Crippen molar-refractivity contribution >= 4 is 27.7 Å². The third-order valence-electron chi connectivity index (χ3n) is 2.61. The van der Waals surface area contributed by atoms with E-state index in [4.69, 9.17) is 9.84 Å². The molecule has 2 N–H and O–H groups in total. The molecule has 0 bridgehead atoms. The van der Waals surface area contributed by atoms with Gasteiger partial charge in [0.05, 0.1) is 11.6 Å². The number of nitrogens with zero attached hydrogens (tertiary/aromatic N) is 2. The number of benzene rings is 1. The Morgan fingerprint density at radius 2 is 2.10 bits per heavy atom. The van der Waals surface area contributed by atoms with E-state index in [9.17, 15) is 4.79 Å². The second-order valence-corrected chi connectivity index (χ2v) is 4.72. The molecule has 0 saturated heterocycles. The summed E-state index contributed by atoms with van der Waals surface area (Å²) in [6.07, 6.45) is 0. The number of ether oxygens (including phenoxy) is 1. The smallest absolute Gasteiger partial charge is 0.354 e. The van der Waals surface area contributed by atoms with Crippen molar-refractivity contribution in [2.75, 3.05) is 19.5 Å². The molecule has 0 aliphatic heterocycles. The van der Waals surface area contributed by atoms with Gasteiger partial charge in [-0.05, 0) is 34.1 Å². The highest BCUT2D eigenvalue weighted by molar-refractivity contribution is 9.10. The van der Waals surface area contributed by atoms with Crippen LogP contribution in [0, 0.1) is 0 Å². The van der Waals surface area contributed by atoms with Gasteiger partial charge in [-0.2, -0.15) is 0 Å². The van der Waals surface area contributed by atoms with Crippen LogP contribution in [0.15, 0.2) is 28.7 Å². The van der Waals surface area contributed by atoms with Gasteiger partial charge in [0.1, 0.15) is 11.6 Å². The average molecular weight is 338 g/mol. The molecule has 2 aromatic rings. The molecule has 0 radical (unpaired) electrons. The number of carbonyl (C=O) groups is 1. The van der Waals surface area contributed by atoms with E-state index in [1.807, 2.05) is 0 Å². The van der Waals surface area contributed by atoms with E-state index in [1.165, 1.54) is 6.07 Å². The summed E-state index contributed by atoms with van der Waals surface area (Å²) in [5, 5.41) is 11.9. The van der Waals surface area contributed by atoms with Gasteiger partial charge in [-0.15, -0.1) is 0 Å². The highest BCUT2D eigenvalue weighted by Gasteiger charge is 2.12. The first-order valence-corrected chi connectivity index (χ1v) is 6.48. The van der Waals surface area contributed by atoms with Crippen LogP contribution >= 0.6 is 15.9 Å². The summed E-state index contributed by atoms with van der Waals surface area (Å²) < 4.78 is 5.89. The number of rotatable bonds is 4. The maximum Gasteiger partial charge on any atom is 0.354 e. The van der Waals surface area contributed by atoms with Gasteiger partial charge in [0.25, 0.3) is 0 Å². The monoisotopic (exact) mass is 337 g/mol. The van der Waals surface area contributed by atoms with Crippen molar-refractivity contribution in [2.45, 2.75) is 0 Å². The van der Waals surface area contributed by atoms with Crippen molar-refractivity contribution in [3.05, 3.63) is 34.4 Å². The molecule has 20 heavy (non-hydrogen) atoms. The van der Waals surface area contributed by atoms with Crippen molar-refractivity contribution < 1.29 is 14.6 Å². The summed E-state index contributed by atoms with van der Waals surface area (Å²) in [5.74, 6) is 0.353. The number of hydrogen-bond acceptors (Lipinski definition) is 5. The number of methoxy groups -OCH3 is 1. The molecule has 0 saturated carbocycles. The van der Waals surface area contributed by atoms with E-state index in [0.29, 0.717) is 23.0 Å². The molecule has 1 aromatic heterocycles. The lowest BCUT2D eigenvalue weighted by molar-refractivity contribution is 0.0690. The Balaban J connectivity index is 2.54. The number of anilines is 1. The number of aromatic carboxylic acids is 1. The third-order valence-corrected chi connectivity index (χ3v) is 3.23. The largest absolute Gasteiger partial charge is 0.496 e. The number of aromatic nitrogens is 2. The third kappa shape index (κ3) is 2.88. The molecular weight excluding hydrogens is 326 g/mol. The highest BCUT2D eigenvalue weighted by atomic mass is 79.9. The first-order chi connectivity index (χ1) is 9.55. The first kappa shape index (κ1) is 14.3. The normalized spacial score (nSPS) is 10.2. The van der Waals surface area contributed by atoms with Gasteiger partial charge in [0.15, 0.2) is 11.5 Å². The fourth-order valence-corrected chi connectivity index (χ4v) is 2.16. The van der Waals surface area contributed by atoms with Crippen LogP contribution in [0.3, 0.4) is 0 Å². The fourth-order valence-electron chi connectivity index (χ4n) is 1.62. The molecule has 0 aliphatic carbocycles. The lowest BCUT2D eigenvalue weighted by Gasteiger charge is -2.08. The Morgan fingerprint density at radius 1 is 1.35 bits per heavy atom. The van der Waals surface area contributed by atoms with Gasteiger partial charge in [-0.1, -0.05) is 0 Å². The number of halogens is 1. The van der Waals surface area contributed by atoms with E-state index < -0.39 is 5.97 Å². The Hall–Kier alpha value is -2.15. The van der Waals surface area contributed by atoms with E-state index in [1.54, 1.807) is 32.4 Å². The minimum absolute atomic E-state index is 0.0636. The Labute approximate surface area is 124 Å². The van der Waals surface area contributed by atoms with Gasteiger partial charge < -0.3 is 15.2 Å². The molecule has 7 heteroatoms. The zero-order valence-electron chi connectivity index (χ0n) is 10.8. The summed E-state index contributed by atoms with van der Waals surface area (Å²) in [7, 11) is 3.24. The molecular formula is C13H12BrN3O3. The Bertz CT molecular complexity index is 661. The van der Waals surface area contributed by atoms with Crippen molar-refractivity contribution in [1.82, 2.24) is 9.97 Å². The number of carboxylic acid groups (broad SMARTS) is 1. The van der Waals surface area contributed by atoms with Gasteiger partial charge in [-0.25, -0.2) is 14.8 Å². The van der Waals surface area contributed by atoms with Crippen LogP contribution in [-0.4, -0.2) is 35.2 Å². The van der Waals surface area contributed by atoms with Gasteiger partial charge in [0, 0.05) is 18.7 Å². The quantitative estimate of drug-likeness (QED) is 0.892. The molecule has 0 spiro atoms. The summed E-state index contributed by atoms with van der Waals surface area (Å²) in [4.78, 5) is 19.4. The lowest BCUT2D eigenvalue weighted by Crippen LogP contribution is -2.05. The number of hydrogen-bond donors (Lipinski definition) is 2. The fraction of sp³-hybridized carbons (Fsp3) is 0.154. The number of nitrogens with one attached hydrogen (secondary N) is 1. The molecule has 6 nitrogen and oxygen atoms in total. The Morgan fingerprint density at radius 3 is 2.65 bits per heavy atom. The van der Waals surface area contributed by atoms with Gasteiger partial charge in [0.2, 0.25) is 0 Å². The van der Waals surface area contributed by atoms with E-state index in [0.717, 1.165) is 4.47 Å². The van der Waals surface area contributed by atoms with E-state index in [-0.39, 0.29) is 5.69 Å². The molecule has 0 amide bonds. The molecule has 2 rings (SSSR count). The average Bonchev–Trinajstić information content (AvgIpc) is 2.46. The zero-order chi connectivity index (χ0) is 14.7. The summed E-state index contributed by atoms with van der Waals surface area (Å²) in [6, 6.07) is 6.68. The van der Waals surface area contributed by atoms with Crippen LogP contribution in [0.2, 0.25) is 0 Å². The minimum atomic E-state index is -1.10. The highest BCUT2D eigenvalue weighted by Crippen LogP contribution is 2.29. The van der Waals surface area contributed by atoms with Crippen LogP contribution < -0.4 is 10.1 Å². The molecule has 1 aromatic carbocycles. The SMILES string of the molecule is CNc1cc(C(=O)O)nc(-c2ccc(OC)c(Br)c2)n1. The van der Waals surface area contributed by atoms with Crippen molar-refractivity contribution in [1.29, 1.82) is 0 Å². The minimum Gasteiger partial charge on any atom is -0.496 e. The summed E-state index contributed by atoms with van der Waals surface area (Å²) in [5.41, 5.74) is 0.628. The van der Waals surface area contributed by atoms with Crippen LogP contribution in [0.5, 0.6) is 5.75 Å². The maximum atomic E-state index is 11.1. The van der Waals surface area contributed by atoms with Gasteiger partial charge >= 0.3 is 5.97 Å². The number of carboxylic acids is 1. The van der Waals surface area contributed by atoms with Crippen molar-refractivity contribution in [2.24, 2.45) is 0 Å². The van der Waals surface area contributed by atoms with Crippen LogP contribution in [0.25, 0.3) is 11.4 Å². The Kier molecular flexibility index (Phi) is 4.19. The molecule has 0 atom stereocenters. The lowest BCUT2D eigenvalue weighted by atomic mass is 10.2. The predicted octanol–water partition coefficient (Wildman–Crippen LogP) is 2.65. The topological polar surface area (TPSA) is 84.3 Å². The summed E-state index contributed by atoms with van der Waals surface area (Å²) >= 11 is 3.38. The molecule has 0 unspecified atom stereocenters.